The number of pyridine rings is 1. The predicted octanol–water partition coefficient (Wildman–Crippen LogP) is 5.40. The number of carbonyl (C=O) groups is 1. The van der Waals surface area contributed by atoms with Gasteiger partial charge in [-0.05, 0) is 48.5 Å². The zero-order valence-corrected chi connectivity index (χ0v) is 18.0. The maximum atomic E-state index is 12.6. The fourth-order valence-corrected chi connectivity index (χ4v) is 3.88. The number of hydrogen-bond acceptors (Lipinski definition) is 5. The summed E-state index contributed by atoms with van der Waals surface area (Å²) in [6.45, 7) is 0. The molecule has 9 heteroatoms. The third-order valence-electron chi connectivity index (χ3n) is 4.71. The number of nitrogens with zero attached hydrogens (tertiary/aromatic N) is 2. The van der Waals surface area contributed by atoms with Gasteiger partial charge in [0.1, 0.15) is 16.9 Å². The number of benzene rings is 2. The van der Waals surface area contributed by atoms with Crippen LogP contribution in [0.5, 0.6) is 0 Å². The van der Waals surface area contributed by atoms with Crippen LogP contribution >= 0.6 is 27.5 Å². The highest BCUT2D eigenvalue weighted by Gasteiger charge is 2.16. The van der Waals surface area contributed by atoms with Gasteiger partial charge in [0.05, 0.1) is 5.02 Å². The third kappa shape index (κ3) is 3.60. The Balaban J connectivity index is 1.54. The first kappa shape index (κ1) is 19.5. The number of hydrogen-bond donors (Lipinski definition) is 2. The van der Waals surface area contributed by atoms with Crippen molar-refractivity contribution < 1.29 is 9.21 Å². The molecule has 7 nitrogen and oxygen atoms in total. The third-order valence-corrected chi connectivity index (χ3v) is 5.52. The molecule has 0 atom stereocenters. The maximum Gasteiger partial charge on any atom is 0.294 e. The molecule has 152 valence electrons. The van der Waals surface area contributed by atoms with Gasteiger partial charge < -0.3 is 14.7 Å². The zero-order chi connectivity index (χ0) is 21.5. The number of anilines is 1. The van der Waals surface area contributed by atoms with E-state index in [2.05, 4.69) is 36.2 Å². The van der Waals surface area contributed by atoms with Crippen LogP contribution in [-0.4, -0.2) is 20.9 Å². The van der Waals surface area contributed by atoms with Gasteiger partial charge >= 0.3 is 0 Å². The summed E-state index contributed by atoms with van der Waals surface area (Å²) in [7, 11) is 0. The Morgan fingerprint density at radius 2 is 1.90 bits per heavy atom. The minimum Gasteiger partial charge on any atom is -0.449 e. The van der Waals surface area contributed by atoms with Crippen LogP contribution in [0.15, 0.2) is 74.6 Å². The van der Waals surface area contributed by atoms with E-state index in [0.717, 1.165) is 4.47 Å². The number of carbonyl (C=O) groups excluding carboxylic acids is 1. The summed E-state index contributed by atoms with van der Waals surface area (Å²) in [6.07, 6.45) is 3.09. The minimum absolute atomic E-state index is 0.147. The number of rotatable bonds is 3. The van der Waals surface area contributed by atoms with E-state index in [1.807, 2.05) is 12.1 Å². The smallest absolute Gasteiger partial charge is 0.294 e. The SMILES string of the molecule is O=C(Nc1ccc(-c2nc3c(oc4ccc(Br)cc43)c(=O)[nH]2)c(Cl)c1)c1ccncc1. The minimum atomic E-state index is -0.404. The number of H-pyrrole nitrogens is 1. The largest absolute Gasteiger partial charge is 0.449 e. The number of nitrogens with one attached hydrogen (secondary N) is 2. The topological polar surface area (TPSA) is 101 Å². The van der Waals surface area contributed by atoms with Crippen molar-refractivity contribution in [2.45, 2.75) is 0 Å². The van der Waals surface area contributed by atoms with Gasteiger partial charge in [0, 0.05) is 39.1 Å². The van der Waals surface area contributed by atoms with Crippen molar-refractivity contribution in [3.05, 3.63) is 86.3 Å². The van der Waals surface area contributed by atoms with E-state index in [9.17, 15) is 9.59 Å². The molecule has 2 aromatic carbocycles. The van der Waals surface area contributed by atoms with E-state index >= 15 is 0 Å². The summed E-state index contributed by atoms with van der Waals surface area (Å²) in [5.41, 5.74) is 2.26. The van der Waals surface area contributed by atoms with Crippen LogP contribution in [0.4, 0.5) is 5.69 Å². The van der Waals surface area contributed by atoms with E-state index in [0.29, 0.717) is 44.1 Å². The Kier molecular flexibility index (Phi) is 4.80. The summed E-state index contributed by atoms with van der Waals surface area (Å²) in [5, 5.41) is 3.82. The quantitative estimate of drug-likeness (QED) is 0.349. The zero-order valence-electron chi connectivity index (χ0n) is 15.6. The van der Waals surface area contributed by atoms with Gasteiger partial charge in [-0.15, -0.1) is 0 Å². The van der Waals surface area contributed by atoms with Gasteiger partial charge in [-0.1, -0.05) is 27.5 Å². The van der Waals surface area contributed by atoms with E-state index in [1.54, 1.807) is 48.8 Å². The molecule has 0 bridgehead atoms. The second-order valence-electron chi connectivity index (χ2n) is 6.72. The summed E-state index contributed by atoms with van der Waals surface area (Å²) < 4.78 is 6.50. The summed E-state index contributed by atoms with van der Waals surface area (Å²) in [4.78, 5) is 36.1. The molecule has 0 aliphatic heterocycles. The van der Waals surface area contributed by atoms with Crippen molar-refractivity contribution in [3.63, 3.8) is 0 Å². The molecule has 3 heterocycles. The fourth-order valence-electron chi connectivity index (χ4n) is 3.24. The van der Waals surface area contributed by atoms with Gasteiger partial charge in [0.15, 0.2) is 0 Å². The molecular formula is C22H12BrClN4O3. The molecule has 2 N–H and O–H groups in total. The van der Waals surface area contributed by atoms with Crippen molar-refractivity contribution in [3.8, 4) is 11.4 Å². The molecule has 1 amide bonds. The van der Waals surface area contributed by atoms with E-state index in [-0.39, 0.29) is 11.5 Å². The van der Waals surface area contributed by atoms with Gasteiger partial charge in [-0.3, -0.25) is 14.6 Å². The standard InChI is InChI=1S/C22H12BrClN4O3/c23-12-1-4-17-15(9-12)18-19(31-17)22(30)28-20(27-18)14-3-2-13(10-16(14)24)26-21(29)11-5-7-25-8-6-11/h1-10H,(H,26,29)(H,27,28,30). The lowest BCUT2D eigenvalue weighted by atomic mass is 10.1. The average molecular weight is 496 g/mol. The molecule has 5 aromatic rings. The summed E-state index contributed by atoms with van der Waals surface area (Å²) in [6, 6.07) is 13.6. The molecule has 5 rings (SSSR count). The Morgan fingerprint density at radius 3 is 2.68 bits per heavy atom. The molecular weight excluding hydrogens is 484 g/mol. The van der Waals surface area contributed by atoms with E-state index < -0.39 is 5.56 Å². The van der Waals surface area contributed by atoms with Crippen LogP contribution < -0.4 is 10.9 Å². The highest BCUT2D eigenvalue weighted by Crippen LogP contribution is 2.32. The molecule has 0 aliphatic carbocycles. The maximum absolute atomic E-state index is 12.6. The number of fused-ring (bicyclic) bond motifs is 3. The van der Waals surface area contributed by atoms with Crippen LogP contribution in [0.2, 0.25) is 5.02 Å². The van der Waals surface area contributed by atoms with Crippen LogP contribution in [0.3, 0.4) is 0 Å². The van der Waals surface area contributed by atoms with Gasteiger partial charge in [-0.2, -0.15) is 0 Å². The lowest BCUT2D eigenvalue weighted by Gasteiger charge is -2.08. The summed E-state index contributed by atoms with van der Waals surface area (Å²) in [5.74, 6) is 0.0202. The first-order valence-corrected chi connectivity index (χ1v) is 10.3. The highest BCUT2D eigenvalue weighted by atomic mass is 79.9. The number of amides is 1. The summed E-state index contributed by atoms with van der Waals surface area (Å²) >= 11 is 9.89. The van der Waals surface area contributed by atoms with Gasteiger partial charge in [0.25, 0.3) is 11.5 Å². The molecule has 0 fully saturated rings. The monoisotopic (exact) mass is 494 g/mol. The second-order valence-corrected chi connectivity index (χ2v) is 8.04. The van der Waals surface area contributed by atoms with Crippen molar-refractivity contribution >= 4 is 61.2 Å². The Hall–Kier alpha value is -3.49. The number of furan rings is 1. The van der Waals surface area contributed by atoms with Gasteiger partial charge in [0.2, 0.25) is 5.58 Å². The Bertz CT molecular complexity index is 1530. The fraction of sp³-hybridized carbons (Fsp3) is 0. The van der Waals surface area contributed by atoms with Crippen molar-refractivity contribution in [2.75, 3.05) is 5.32 Å². The normalized spacial score (nSPS) is 11.2. The number of aromatic nitrogens is 3. The number of aromatic amines is 1. The molecule has 0 aliphatic rings. The predicted molar refractivity (Wildman–Crippen MR) is 122 cm³/mol. The Morgan fingerprint density at radius 1 is 1.10 bits per heavy atom. The van der Waals surface area contributed by atoms with Gasteiger partial charge in [-0.25, -0.2) is 4.98 Å². The molecule has 0 saturated carbocycles. The lowest BCUT2D eigenvalue weighted by Crippen LogP contribution is -2.12. The first-order valence-electron chi connectivity index (χ1n) is 9.13. The van der Waals surface area contributed by atoms with Crippen molar-refractivity contribution in [1.82, 2.24) is 15.0 Å². The molecule has 0 saturated heterocycles. The van der Waals surface area contributed by atoms with Crippen LogP contribution in [-0.2, 0) is 0 Å². The molecule has 0 radical (unpaired) electrons. The van der Waals surface area contributed by atoms with Crippen LogP contribution in [0, 0.1) is 0 Å². The van der Waals surface area contributed by atoms with Crippen LogP contribution in [0.25, 0.3) is 33.5 Å². The number of halogens is 2. The second kappa shape index (κ2) is 7.64. The molecule has 0 unspecified atom stereocenters. The van der Waals surface area contributed by atoms with Crippen molar-refractivity contribution in [2.24, 2.45) is 0 Å². The van der Waals surface area contributed by atoms with Crippen molar-refractivity contribution in [1.29, 1.82) is 0 Å². The first-order chi connectivity index (χ1) is 15.0. The van der Waals surface area contributed by atoms with Crippen LogP contribution in [0.1, 0.15) is 10.4 Å². The Labute approximate surface area is 188 Å². The molecule has 31 heavy (non-hydrogen) atoms. The lowest BCUT2D eigenvalue weighted by molar-refractivity contribution is 0.102. The molecule has 3 aromatic heterocycles. The van der Waals surface area contributed by atoms with E-state index in [4.69, 9.17) is 16.0 Å². The molecule has 0 spiro atoms. The highest BCUT2D eigenvalue weighted by molar-refractivity contribution is 9.10. The van der Waals surface area contributed by atoms with E-state index in [1.165, 1.54) is 0 Å². The average Bonchev–Trinajstić information content (AvgIpc) is 3.13.